The van der Waals surface area contributed by atoms with E-state index in [1.54, 1.807) is 0 Å². The normalized spacial score (nSPS) is 12.2. The van der Waals surface area contributed by atoms with Gasteiger partial charge in [-0.2, -0.15) is 0 Å². The molecule has 0 bridgehead atoms. The van der Waals surface area contributed by atoms with Gasteiger partial charge in [-0.15, -0.1) is 0 Å². The SMILES string of the molecule is C/C(Br)=C/c1c(C)c(C)c(C)c2ccccc12. The molecule has 0 fully saturated rings. The standard InChI is InChI=1S/C16H17Br/c1-10(17)9-16-13(4)11(2)12(3)14-7-5-6-8-15(14)16/h5-9H,1-4H3/b10-9-. The van der Waals surface area contributed by atoms with Gasteiger partial charge in [0.15, 0.2) is 0 Å². The molecule has 0 atom stereocenters. The largest absolute Gasteiger partial charge is 0.0616 e. The summed E-state index contributed by atoms with van der Waals surface area (Å²) >= 11 is 3.54. The maximum atomic E-state index is 3.54. The Balaban J connectivity index is 2.95. The second-order valence-electron chi connectivity index (χ2n) is 4.57. The van der Waals surface area contributed by atoms with Crippen LogP contribution in [-0.2, 0) is 0 Å². The topological polar surface area (TPSA) is 0 Å². The van der Waals surface area contributed by atoms with E-state index in [-0.39, 0.29) is 0 Å². The minimum atomic E-state index is 1.16. The second-order valence-corrected chi connectivity index (χ2v) is 5.82. The van der Waals surface area contributed by atoms with E-state index in [0.717, 1.165) is 4.48 Å². The molecule has 0 spiro atoms. The molecule has 0 N–H and O–H groups in total. The first-order chi connectivity index (χ1) is 8.02. The van der Waals surface area contributed by atoms with Gasteiger partial charge in [-0.1, -0.05) is 40.2 Å². The van der Waals surface area contributed by atoms with Crippen LogP contribution in [-0.4, -0.2) is 0 Å². The first kappa shape index (κ1) is 12.4. The van der Waals surface area contributed by atoms with Gasteiger partial charge in [0.25, 0.3) is 0 Å². The average molecular weight is 289 g/mol. The van der Waals surface area contributed by atoms with Gasteiger partial charge in [0, 0.05) is 0 Å². The lowest BCUT2D eigenvalue weighted by Crippen LogP contribution is -1.94. The predicted octanol–water partition coefficient (Wildman–Crippen LogP) is 5.52. The lowest BCUT2D eigenvalue weighted by Gasteiger charge is -2.14. The van der Waals surface area contributed by atoms with Crippen molar-refractivity contribution in [1.82, 2.24) is 0 Å². The Morgan fingerprint density at radius 3 is 2.12 bits per heavy atom. The molecule has 2 aromatic carbocycles. The number of aryl methyl sites for hydroxylation is 1. The fourth-order valence-corrected chi connectivity index (χ4v) is 2.55. The van der Waals surface area contributed by atoms with Crippen molar-refractivity contribution in [2.24, 2.45) is 0 Å². The number of fused-ring (bicyclic) bond motifs is 1. The monoisotopic (exact) mass is 288 g/mol. The van der Waals surface area contributed by atoms with Crippen LogP contribution in [0.25, 0.3) is 16.8 Å². The molecule has 0 heterocycles. The van der Waals surface area contributed by atoms with Crippen molar-refractivity contribution in [1.29, 1.82) is 0 Å². The summed E-state index contributed by atoms with van der Waals surface area (Å²) in [6.45, 7) is 8.69. The van der Waals surface area contributed by atoms with Crippen molar-refractivity contribution in [3.05, 3.63) is 51.0 Å². The van der Waals surface area contributed by atoms with Crippen LogP contribution in [0, 0.1) is 20.8 Å². The van der Waals surface area contributed by atoms with Crippen molar-refractivity contribution in [3.63, 3.8) is 0 Å². The van der Waals surface area contributed by atoms with E-state index >= 15 is 0 Å². The zero-order chi connectivity index (χ0) is 12.6. The molecule has 0 aromatic heterocycles. The summed E-state index contributed by atoms with van der Waals surface area (Å²) in [5, 5.41) is 2.70. The zero-order valence-electron chi connectivity index (χ0n) is 10.8. The van der Waals surface area contributed by atoms with Crippen LogP contribution in [0.3, 0.4) is 0 Å². The zero-order valence-corrected chi connectivity index (χ0v) is 12.4. The summed E-state index contributed by atoms with van der Waals surface area (Å²) in [6.07, 6.45) is 2.21. The van der Waals surface area contributed by atoms with Gasteiger partial charge in [0.05, 0.1) is 0 Å². The van der Waals surface area contributed by atoms with Gasteiger partial charge in [-0.3, -0.25) is 0 Å². The van der Waals surface area contributed by atoms with Gasteiger partial charge in [0.2, 0.25) is 0 Å². The maximum absolute atomic E-state index is 3.54. The fraction of sp³-hybridized carbons (Fsp3) is 0.250. The lowest BCUT2D eigenvalue weighted by atomic mass is 9.91. The summed E-state index contributed by atoms with van der Waals surface area (Å²) < 4.78 is 1.16. The Labute approximate surface area is 111 Å². The van der Waals surface area contributed by atoms with Gasteiger partial charge >= 0.3 is 0 Å². The van der Waals surface area contributed by atoms with Gasteiger partial charge in [-0.25, -0.2) is 0 Å². The van der Waals surface area contributed by atoms with Gasteiger partial charge in [-0.05, 0) is 71.3 Å². The van der Waals surface area contributed by atoms with Crippen LogP contribution in [0.15, 0.2) is 28.7 Å². The van der Waals surface area contributed by atoms with Crippen LogP contribution in [0.2, 0.25) is 0 Å². The summed E-state index contributed by atoms with van der Waals surface area (Å²) in [5.74, 6) is 0. The molecule has 0 nitrogen and oxygen atoms in total. The minimum Gasteiger partial charge on any atom is -0.0616 e. The predicted molar refractivity (Wildman–Crippen MR) is 80.7 cm³/mol. The van der Waals surface area contributed by atoms with Crippen LogP contribution < -0.4 is 0 Å². The molecule has 0 radical (unpaired) electrons. The quantitative estimate of drug-likeness (QED) is 0.648. The van der Waals surface area contributed by atoms with E-state index in [0.29, 0.717) is 0 Å². The van der Waals surface area contributed by atoms with Crippen molar-refractivity contribution in [2.45, 2.75) is 27.7 Å². The Morgan fingerprint density at radius 2 is 1.53 bits per heavy atom. The molecule has 0 aliphatic rings. The van der Waals surface area contributed by atoms with Crippen LogP contribution in [0.1, 0.15) is 29.2 Å². The minimum absolute atomic E-state index is 1.16. The van der Waals surface area contributed by atoms with Crippen LogP contribution >= 0.6 is 15.9 Å². The molecule has 0 aliphatic heterocycles. The first-order valence-corrected chi connectivity index (χ1v) is 6.64. The Hall–Kier alpha value is -1.08. The summed E-state index contributed by atoms with van der Waals surface area (Å²) in [5.41, 5.74) is 5.49. The Kier molecular flexibility index (Phi) is 3.39. The number of hydrogen-bond acceptors (Lipinski definition) is 0. The van der Waals surface area contributed by atoms with Crippen molar-refractivity contribution in [2.75, 3.05) is 0 Å². The van der Waals surface area contributed by atoms with E-state index in [1.165, 1.54) is 33.0 Å². The second kappa shape index (κ2) is 4.66. The van der Waals surface area contributed by atoms with Crippen LogP contribution in [0.5, 0.6) is 0 Å². The van der Waals surface area contributed by atoms with Gasteiger partial charge in [0.1, 0.15) is 0 Å². The molecular formula is C16H17Br. The highest BCUT2D eigenvalue weighted by Gasteiger charge is 2.09. The van der Waals surface area contributed by atoms with E-state index < -0.39 is 0 Å². The number of benzene rings is 2. The Morgan fingerprint density at radius 1 is 0.941 bits per heavy atom. The molecule has 0 unspecified atom stereocenters. The average Bonchev–Trinajstić information content (AvgIpc) is 2.31. The summed E-state index contributed by atoms with van der Waals surface area (Å²) in [6, 6.07) is 8.63. The number of allylic oxidation sites excluding steroid dienone is 1. The van der Waals surface area contributed by atoms with E-state index in [2.05, 4.69) is 74.0 Å². The highest BCUT2D eigenvalue weighted by Crippen LogP contribution is 2.31. The fourth-order valence-electron chi connectivity index (χ4n) is 2.32. The highest BCUT2D eigenvalue weighted by molar-refractivity contribution is 9.11. The van der Waals surface area contributed by atoms with E-state index in [4.69, 9.17) is 0 Å². The third kappa shape index (κ3) is 2.16. The smallest absolute Gasteiger partial charge is 0.00741 e. The summed E-state index contributed by atoms with van der Waals surface area (Å²) in [7, 11) is 0. The first-order valence-electron chi connectivity index (χ1n) is 5.84. The maximum Gasteiger partial charge on any atom is -0.00741 e. The van der Waals surface area contributed by atoms with Crippen molar-refractivity contribution in [3.8, 4) is 0 Å². The van der Waals surface area contributed by atoms with Crippen molar-refractivity contribution < 1.29 is 0 Å². The molecule has 0 saturated carbocycles. The Bertz CT molecular complexity index is 602. The number of rotatable bonds is 1. The van der Waals surface area contributed by atoms with Gasteiger partial charge < -0.3 is 0 Å². The third-order valence-electron chi connectivity index (χ3n) is 3.49. The molecule has 0 saturated heterocycles. The van der Waals surface area contributed by atoms with Crippen molar-refractivity contribution >= 4 is 32.8 Å². The molecule has 1 heteroatoms. The van der Waals surface area contributed by atoms with Crippen LogP contribution in [0.4, 0.5) is 0 Å². The molecule has 0 aliphatic carbocycles. The highest BCUT2D eigenvalue weighted by atomic mass is 79.9. The molecule has 17 heavy (non-hydrogen) atoms. The lowest BCUT2D eigenvalue weighted by molar-refractivity contribution is 1.29. The molecule has 0 amide bonds. The third-order valence-corrected chi connectivity index (χ3v) is 3.72. The molecule has 2 rings (SSSR count). The molecule has 2 aromatic rings. The van der Waals surface area contributed by atoms with E-state index in [9.17, 15) is 0 Å². The van der Waals surface area contributed by atoms with E-state index in [1.807, 2.05) is 0 Å². The molecular weight excluding hydrogens is 272 g/mol. The summed E-state index contributed by atoms with van der Waals surface area (Å²) in [4.78, 5) is 0. The molecule has 88 valence electrons. The number of hydrogen-bond donors (Lipinski definition) is 0. The number of halogens is 1.